The number of halogens is 1. The van der Waals surface area contributed by atoms with Crippen LogP contribution in [0.15, 0.2) is 4.60 Å². The largest absolute Gasteiger partial charge is 0.380 e. The third kappa shape index (κ3) is 2.13. The van der Waals surface area contributed by atoms with Crippen molar-refractivity contribution in [2.24, 2.45) is 7.05 Å². The number of hydrogen-bond donors (Lipinski definition) is 1. The standard InChI is InChI=1S/C8H15BrN4O/c1-5(14-4)6(10-2)7-8(9)11-12-13(7)3/h5-6,10H,1-4H3. The molecule has 2 unspecified atom stereocenters. The van der Waals surface area contributed by atoms with Crippen molar-refractivity contribution in [2.45, 2.75) is 19.1 Å². The van der Waals surface area contributed by atoms with Gasteiger partial charge >= 0.3 is 0 Å². The van der Waals surface area contributed by atoms with Crippen LogP contribution in [0, 0.1) is 0 Å². The van der Waals surface area contributed by atoms with E-state index in [0.717, 1.165) is 10.3 Å². The first-order chi connectivity index (χ1) is 6.61. The zero-order chi connectivity index (χ0) is 10.7. The van der Waals surface area contributed by atoms with Crippen LogP contribution in [0.3, 0.4) is 0 Å². The molecule has 1 heterocycles. The van der Waals surface area contributed by atoms with E-state index in [-0.39, 0.29) is 12.1 Å². The topological polar surface area (TPSA) is 52.0 Å². The SMILES string of the molecule is CNC(c1c(Br)nnn1C)C(C)OC. The Hall–Kier alpha value is -0.460. The number of aromatic nitrogens is 3. The molecular formula is C8H15BrN4O. The number of hydrogen-bond acceptors (Lipinski definition) is 4. The van der Waals surface area contributed by atoms with Gasteiger partial charge in [-0.1, -0.05) is 5.21 Å². The van der Waals surface area contributed by atoms with Crippen LogP contribution in [0.5, 0.6) is 0 Å². The number of ether oxygens (including phenoxy) is 1. The highest BCUT2D eigenvalue weighted by molar-refractivity contribution is 9.10. The summed E-state index contributed by atoms with van der Waals surface area (Å²) in [4.78, 5) is 0. The summed E-state index contributed by atoms with van der Waals surface area (Å²) >= 11 is 3.37. The lowest BCUT2D eigenvalue weighted by Gasteiger charge is -2.22. The first kappa shape index (κ1) is 11.6. The van der Waals surface area contributed by atoms with E-state index < -0.39 is 0 Å². The lowest BCUT2D eigenvalue weighted by Crippen LogP contribution is -2.30. The monoisotopic (exact) mass is 262 g/mol. The number of likely N-dealkylation sites (N-methyl/N-ethyl adjacent to an activating group) is 1. The molecule has 0 aliphatic carbocycles. The Morgan fingerprint density at radius 1 is 1.57 bits per heavy atom. The highest BCUT2D eigenvalue weighted by atomic mass is 79.9. The van der Waals surface area contributed by atoms with Crippen molar-refractivity contribution >= 4 is 15.9 Å². The molecule has 14 heavy (non-hydrogen) atoms. The van der Waals surface area contributed by atoms with E-state index in [1.807, 2.05) is 21.0 Å². The fourth-order valence-electron chi connectivity index (χ4n) is 1.40. The third-order valence-electron chi connectivity index (χ3n) is 2.27. The summed E-state index contributed by atoms with van der Waals surface area (Å²) in [5.74, 6) is 0. The first-order valence-electron chi connectivity index (χ1n) is 4.37. The van der Waals surface area contributed by atoms with Gasteiger partial charge in [0.1, 0.15) is 0 Å². The quantitative estimate of drug-likeness (QED) is 0.875. The molecular weight excluding hydrogens is 248 g/mol. The van der Waals surface area contributed by atoms with Crippen LogP contribution in [0.1, 0.15) is 18.7 Å². The van der Waals surface area contributed by atoms with E-state index in [1.54, 1.807) is 11.8 Å². The molecule has 0 bridgehead atoms. The Labute approximate surface area is 91.9 Å². The molecule has 80 valence electrons. The van der Waals surface area contributed by atoms with Crippen molar-refractivity contribution < 1.29 is 4.74 Å². The van der Waals surface area contributed by atoms with E-state index >= 15 is 0 Å². The molecule has 0 aromatic carbocycles. The number of nitrogens with zero attached hydrogens (tertiary/aromatic N) is 3. The van der Waals surface area contributed by atoms with Crippen LogP contribution in [-0.2, 0) is 11.8 Å². The third-order valence-corrected chi connectivity index (χ3v) is 2.84. The normalized spacial score (nSPS) is 15.5. The summed E-state index contributed by atoms with van der Waals surface area (Å²) in [7, 11) is 5.44. The highest BCUT2D eigenvalue weighted by Crippen LogP contribution is 2.23. The van der Waals surface area contributed by atoms with Gasteiger partial charge in [-0.2, -0.15) is 0 Å². The van der Waals surface area contributed by atoms with E-state index in [9.17, 15) is 0 Å². The summed E-state index contributed by atoms with van der Waals surface area (Å²) in [5, 5.41) is 11.0. The smallest absolute Gasteiger partial charge is 0.153 e. The Morgan fingerprint density at radius 3 is 2.57 bits per heavy atom. The molecule has 1 aromatic heterocycles. The molecule has 0 saturated heterocycles. The van der Waals surface area contributed by atoms with Crippen LogP contribution in [-0.4, -0.2) is 35.3 Å². The molecule has 1 aromatic rings. The number of nitrogens with one attached hydrogen (secondary N) is 1. The summed E-state index contributed by atoms with van der Waals surface area (Å²) in [6.45, 7) is 2.00. The Bertz CT molecular complexity index is 282. The van der Waals surface area contributed by atoms with Gasteiger partial charge in [0.2, 0.25) is 0 Å². The molecule has 0 saturated carbocycles. The molecule has 0 radical (unpaired) electrons. The number of rotatable bonds is 4. The van der Waals surface area contributed by atoms with E-state index in [1.165, 1.54) is 0 Å². The average Bonchev–Trinajstić information content (AvgIpc) is 2.50. The molecule has 0 fully saturated rings. The molecule has 0 aliphatic heterocycles. The molecule has 0 amide bonds. The fraction of sp³-hybridized carbons (Fsp3) is 0.750. The summed E-state index contributed by atoms with van der Waals surface area (Å²) < 4.78 is 7.77. The van der Waals surface area contributed by atoms with Crippen LogP contribution in [0.25, 0.3) is 0 Å². The lowest BCUT2D eigenvalue weighted by molar-refractivity contribution is 0.0828. The molecule has 5 nitrogen and oxygen atoms in total. The highest BCUT2D eigenvalue weighted by Gasteiger charge is 2.23. The zero-order valence-electron chi connectivity index (χ0n) is 8.78. The maximum Gasteiger partial charge on any atom is 0.153 e. The minimum absolute atomic E-state index is 0.0634. The lowest BCUT2D eigenvalue weighted by atomic mass is 10.1. The second-order valence-corrected chi connectivity index (χ2v) is 3.85. The first-order valence-corrected chi connectivity index (χ1v) is 5.16. The molecule has 0 spiro atoms. The predicted octanol–water partition coefficient (Wildman–Crippen LogP) is 0.873. The maximum atomic E-state index is 5.28. The van der Waals surface area contributed by atoms with Gasteiger partial charge in [-0.05, 0) is 29.9 Å². The number of aryl methyl sites for hydroxylation is 1. The van der Waals surface area contributed by atoms with E-state index in [0.29, 0.717) is 0 Å². The summed E-state index contributed by atoms with van der Waals surface area (Å²) in [5.41, 5.74) is 0.988. The van der Waals surface area contributed by atoms with Gasteiger partial charge in [0, 0.05) is 14.2 Å². The van der Waals surface area contributed by atoms with Gasteiger partial charge in [0.15, 0.2) is 4.60 Å². The van der Waals surface area contributed by atoms with Crippen LogP contribution in [0.4, 0.5) is 0 Å². The van der Waals surface area contributed by atoms with Crippen molar-refractivity contribution in [1.29, 1.82) is 0 Å². The van der Waals surface area contributed by atoms with Crippen molar-refractivity contribution in [1.82, 2.24) is 20.3 Å². The van der Waals surface area contributed by atoms with Crippen molar-refractivity contribution in [2.75, 3.05) is 14.2 Å². The fourth-order valence-corrected chi connectivity index (χ4v) is 1.97. The zero-order valence-corrected chi connectivity index (χ0v) is 10.4. The summed E-state index contributed by atoms with van der Waals surface area (Å²) in [6, 6.07) is 0.0781. The van der Waals surface area contributed by atoms with Gasteiger partial charge in [-0.3, -0.25) is 0 Å². The van der Waals surface area contributed by atoms with Crippen LogP contribution >= 0.6 is 15.9 Å². The average molecular weight is 263 g/mol. The van der Waals surface area contributed by atoms with Crippen LogP contribution < -0.4 is 5.32 Å². The molecule has 1 N–H and O–H groups in total. The Kier molecular flexibility index (Phi) is 4.03. The Morgan fingerprint density at radius 2 is 2.21 bits per heavy atom. The Balaban J connectivity index is 2.99. The molecule has 0 aliphatic rings. The van der Waals surface area contributed by atoms with Gasteiger partial charge in [-0.15, -0.1) is 5.10 Å². The van der Waals surface area contributed by atoms with E-state index in [2.05, 4.69) is 31.6 Å². The summed E-state index contributed by atoms with van der Waals surface area (Å²) in [6.07, 6.45) is 0.0634. The minimum atomic E-state index is 0.0634. The van der Waals surface area contributed by atoms with Crippen LogP contribution in [0.2, 0.25) is 0 Å². The van der Waals surface area contributed by atoms with Gasteiger partial charge < -0.3 is 10.1 Å². The predicted molar refractivity (Wildman–Crippen MR) is 57.0 cm³/mol. The molecule has 2 atom stereocenters. The van der Waals surface area contributed by atoms with Gasteiger partial charge in [-0.25, -0.2) is 4.68 Å². The van der Waals surface area contributed by atoms with Gasteiger partial charge in [0.25, 0.3) is 0 Å². The second kappa shape index (κ2) is 4.86. The molecule has 1 rings (SSSR count). The second-order valence-electron chi connectivity index (χ2n) is 3.10. The molecule has 6 heteroatoms. The van der Waals surface area contributed by atoms with Crippen molar-refractivity contribution in [3.05, 3.63) is 10.3 Å². The van der Waals surface area contributed by atoms with Crippen molar-refractivity contribution in [3.8, 4) is 0 Å². The minimum Gasteiger partial charge on any atom is -0.380 e. The number of methoxy groups -OCH3 is 1. The maximum absolute atomic E-state index is 5.28. The van der Waals surface area contributed by atoms with Gasteiger partial charge in [0.05, 0.1) is 17.8 Å². The van der Waals surface area contributed by atoms with E-state index in [4.69, 9.17) is 4.74 Å². The van der Waals surface area contributed by atoms with Crippen molar-refractivity contribution in [3.63, 3.8) is 0 Å².